The number of rotatable bonds is 2. The van der Waals surface area contributed by atoms with E-state index in [0.29, 0.717) is 11.6 Å². The van der Waals surface area contributed by atoms with Gasteiger partial charge in [0.25, 0.3) is 11.5 Å². The van der Waals surface area contributed by atoms with Gasteiger partial charge in [-0.15, -0.1) is 0 Å². The highest BCUT2D eigenvalue weighted by atomic mass is 16.5. The number of nitrogens with one attached hydrogen (secondary N) is 1. The number of ether oxygens (including phenoxy) is 1. The molecule has 1 aromatic carbocycles. The van der Waals surface area contributed by atoms with Crippen LogP contribution in [0.4, 0.5) is 0 Å². The number of carbonyl (C=O) groups excluding carboxylic acids is 1. The van der Waals surface area contributed by atoms with Crippen LogP contribution < -0.4 is 10.3 Å². The fourth-order valence-electron chi connectivity index (χ4n) is 3.99. The Bertz CT molecular complexity index is 985. The van der Waals surface area contributed by atoms with Gasteiger partial charge >= 0.3 is 5.97 Å². The molecule has 0 spiro atoms. The second-order valence-corrected chi connectivity index (χ2v) is 7.15. The standard InChI is InChI=1S/C19H19N3O5/c1-11-20-7-14(16(23)21-11)17(24)22-8-13-9-27-15-5-3-2-4-12(15)6-19(13,10-22)18(25)26/h2-5,7,13H,6,8-10H2,1H3,(H,25,26)(H,20,21,23)/t13-,19+/m1/s1. The number of aromatic nitrogens is 2. The number of aromatic amines is 1. The third-order valence-corrected chi connectivity index (χ3v) is 5.48. The number of benzene rings is 1. The molecule has 0 unspecified atom stereocenters. The molecule has 8 heteroatoms. The quantitative estimate of drug-likeness (QED) is 0.812. The average molecular weight is 369 g/mol. The number of aryl methyl sites for hydroxylation is 1. The van der Waals surface area contributed by atoms with Crippen LogP contribution in [0.3, 0.4) is 0 Å². The molecule has 0 saturated carbocycles. The number of hydrogen-bond acceptors (Lipinski definition) is 5. The molecule has 2 aliphatic rings. The van der Waals surface area contributed by atoms with Gasteiger partial charge in [0.15, 0.2) is 0 Å². The Morgan fingerprint density at radius 3 is 2.89 bits per heavy atom. The van der Waals surface area contributed by atoms with Crippen molar-refractivity contribution < 1.29 is 19.4 Å². The van der Waals surface area contributed by atoms with Gasteiger partial charge in [-0.1, -0.05) is 18.2 Å². The van der Waals surface area contributed by atoms with E-state index in [1.807, 2.05) is 24.3 Å². The van der Waals surface area contributed by atoms with Crippen molar-refractivity contribution in [1.82, 2.24) is 14.9 Å². The molecule has 0 bridgehead atoms. The van der Waals surface area contributed by atoms with Crippen molar-refractivity contribution in [1.29, 1.82) is 0 Å². The minimum Gasteiger partial charge on any atom is -0.493 e. The number of carboxylic acid groups (broad SMARTS) is 1. The van der Waals surface area contributed by atoms with Crippen molar-refractivity contribution in [2.45, 2.75) is 13.3 Å². The maximum Gasteiger partial charge on any atom is 0.312 e. The third-order valence-electron chi connectivity index (χ3n) is 5.48. The number of likely N-dealkylation sites (tertiary alicyclic amines) is 1. The Morgan fingerprint density at radius 1 is 1.37 bits per heavy atom. The summed E-state index contributed by atoms with van der Waals surface area (Å²) >= 11 is 0. The second kappa shape index (κ2) is 6.22. The summed E-state index contributed by atoms with van der Waals surface area (Å²) in [6.07, 6.45) is 1.51. The zero-order valence-corrected chi connectivity index (χ0v) is 14.8. The van der Waals surface area contributed by atoms with E-state index in [-0.39, 0.29) is 37.6 Å². The predicted octanol–water partition coefficient (Wildman–Crippen LogP) is 0.856. The van der Waals surface area contributed by atoms with E-state index in [1.54, 1.807) is 6.92 Å². The highest BCUT2D eigenvalue weighted by molar-refractivity contribution is 5.94. The van der Waals surface area contributed by atoms with Crippen LogP contribution in [0, 0.1) is 18.3 Å². The molecular formula is C19H19N3O5. The van der Waals surface area contributed by atoms with E-state index in [4.69, 9.17) is 4.74 Å². The molecule has 140 valence electrons. The van der Waals surface area contributed by atoms with Crippen LogP contribution in [-0.2, 0) is 11.2 Å². The summed E-state index contributed by atoms with van der Waals surface area (Å²) in [6.45, 7) is 2.07. The first-order chi connectivity index (χ1) is 12.9. The molecule has 2 aliphatic heterocycles. The van der Waals surface area contributed by atoms with Gasteiger partial charge in [0, 0.05) is 25.2 Å². The topological polar surface area (TPSA) is 113 Å². The first kappa shape index (κ1) is 17.3. The lowest BCUT2D eigenvalue weighted by Gasteiger charge is -2.27. The van der Waals surface area contributed by atoms with E-state index in [2.05, 4.69) is 9.97 Å². The number of amides is 1. The molecule has 3 heterocycles. The summed E-state index contributed by atoms with van der Waals surface area (Å²) in [5.74, 6) is -0.742. The van der Waals surface area contributed by atoms with Crippen molar-refractivity contribution in [3.8, 4) is 5.75 Å². The Kier molecular flexibility index (Phi) is 3.98. The van der Waals surface area contributed by atoms with Gasteiger partial charge in [0.2, 0.25) is 0 Å². The molecule has 2 atom stereocenters. The lowest BCUT2D eigenvalue weighted by molar-refractivity contribution is -0.150. The number of H-pyrrole nitrogens is 1. The van der Waals surface area contributed by atoms with E-state index in [9.17, 15) is 19.5 Å². The Hall–Kier alpha value is -3.16. The number of aliphatic carboxylic acids is 1. The molecule has 2 N–H and O–H groups in total. The molecule has 2 aromatic rings. The maximum absolute atomic E-state index is 12.9. The van der Waals surface area contributed by atoms with Crippen LogP contribution in [0.1, 0.15) is 21.7 Å². The first-order valence-corrected chi connectivity index (χ1v) is 8.70. The van der Waals surface area contributed by atoms with Gasteiger partial charge in [0.05, 0.1) is 12.0 Å². The van der Waals surface area contributed by atoms with E-state index >= 15 is 0 Å². The van der Waals surface area contributed by atoms with Crippen LogP contribution in [0.25, 0.3) is 0 Å². The van der Waals surface area contributed by atoms with Crippen LogP contribution in [-0.4, -0.2) is 51.5 Å². The molecule has 1 aromatic heterocycles. The number of carboxylic acids is 1. The fraction of sp³-hybridized carbons (Fsp3) is 0.368. The summed E-state index contributed by atoms with van der Waals surface area (Å²) in [5.41, 5.74) is -0.941. The maximum atomic E-state index is 12.9. The van der Waals surface area contributed by atoms with Gasteiger partial charge in [-0.3, -0.25) is 14.4 Å². The smallest absolute Gasteiger partial charge is 0.312 e. The first-order valence-electron chi connectivity index (χ1n) is 8.70. The Morgan fingerprint density at radius 2 is 2.15 bits per heavy atom. The summed E-state index contributed by atoms with van der Waals surface area (Å²) in [7, 11) is 0. The number of hydrogen-bond donors (Lipinski definition) is 2. The summed E-state index contributed by atoms with van der Waals surface area (Å²) in [5, 5.41) is 10.0. The van der Waals surface area contributed by atoms with Crippen molar-refractivity contribution >= 4 is 11.9 Å². The highest BCUT2D eigenvalue weighted by Gasteiger charge is 2.55. The summed E-state index contributed by atoms with van der Waals surface area (Å²) in [4.78, 5) is 45.1. The largest absolute Gasteiger partial charge is 0.493 e. The minimum absolute atomic E-state index is 0.0246. The SMILES string of the molecule is Cc1ncc(C(=O)N2C[C@@H]3COc4ccccc4C[C@]3(C(=O)O)C2)c(=O)[nH]1. The van der Waals surface area contributed by atoms with Crippen LogP contribution in [0.2, 0.25) is 0 Å². The van der Waals surface area contributed by atoms with Crippen LogP contribution >= 0.6 is 0 Å². The lowest BCUT2D eigenvalue weighted by atomic mass is 9.74. The number of carbonyl (C=O) groups is 2. The molecule has 0 aliphatic carbocycles. The zero-order valence-electron chi connectivity index (χ0n) is 14.8. The van der Waals surface area contributed by atoms with Gasteiger partial charge in [-0.25, -0.2) is 4.98 Å². The van der Waals surface area contributed by atoms with Crippen molar-refractivity contribution in [3.05, 3.63) is 57.8 Å². The van der Waals surface area contributed by atoms with E-state index in [1.165, 1.54) is 11.1 Å². The van der Waals surface area contributed by atoms with Crippen molar-refractivity contribution in [3.63, 3.8) is 0 Å². The monoisotopic (exact) mass is 369 g/mol. The summed E-state index contributed by atoms with van der Waals surface area (Å²) < 4.78 is 5.83. The lowest BCUT2D eigenvalue weighted by Crippen LogP contribution is -2.42. The Labute approximate surface area is 154 Å². The van der Waals surface area contributed by atoms with Gasteiger partial charge in [-0.05, 0) is 25.0 Å². The van der Waals surface area contributed by atoms with E-state index < -0.39 is 22.9 Å². The van der Waals surface area contributed by atoms with Crippen LogP contribution in [0.15, 0.2) is 35.3 Å². The van der Waals surface area contributed by atoms with Gasteiger partial charge in [0.1, 0.15) is 17.1 Å². The fourth-order valence-corrected chi connectivity index (χ4v) is 3.99. The summed E-state index contributed by atoms with van der Waals surface area (Å²) in [6, 6.07) is 7.36. The molecular weight excluding hydrogens is 350 g/mol. The van der Waals surface area contributed by atoms with Gasteiger partial charge in [-0.2, -0.15) is 0 Å². The van der Waals surface area contributed by atoms with Crippen molar-refractivity contribution in [2.24, 2.45) is 11.3 Å². The number of fused-ring (bicyclic) bond motifs is 2. The Balaban J connectivity index is 1.68. The molecule has 1 fully saturated rings. The average Bonchev–Trinajstić information content (AvgIpc) is 2.92. The molecule has 1 saturated heterocycles. The zero-order chi connectivity index (χ0) is 19.2. The normalized spacial score (nSPS) is 23.7. The minimum atomic E-state index is -1.15. The second-order valence-electron chi connectivity index (χ2n) is 7.15. The van der Waals surface area contributed by atoms with Crippen LogP contribution in [0.5, 0.6) is 5.75 Å². The highest BCUT2D eigenvalue weighted by Crippen LogP contribution is 2.44. The van der Waals surface area contributed by atoms with Gasteiger partial charge < -0.3 is 19.7 Å². The third kappa shape index (κ3) is 2.77. The number of para-hydroxylation sites is 1. The molecule has 8 nitrogen and oxygen atoms in total. The molecule has 4 rings (SSSR count). The number of nitrogens with zero attached hydrogens (tertiary/aromatic N) is 2. The predicted molar refractivity (Wildman–Crippen MR) is 94.7 cm³/mol. The van der Waals surface area contributed by atoms with E-state index in [0.717, 1.165) is 5.56 Å². The molecule has 27 heavy (non-hydrogen) atoms. The molecule has 1 amide bonds. The van der Waals surface area contributed by atoms with Crippen molar-refractivity contribution in [2.75, 3.05) is 19.7 Å². The molecule has 0 radical (unpaired) electrons.